The van der Waals surface area contributed by atoms with Gasteiger partial charge in [-0.2, -0.15) is 0 Å². The predicted molar refractivity (Wildman–Crippen MR) is 144 cm³/mol. The molecule has 7 heteroatoms. The lowest BCUT2D eigenvalue weighted by Gasteiger charge is -2.61. The number of hydrogen-bond donors (Lipinski definition) is 0. The second kappa shape index (κ2) is 9.90. The number of hydrogen-bond acceptors (Lipinski definition) is 5. The molecule has 6 nitrogen and oxygen atoms in total. The number of carbonyl (C=O) groups is 1. The summed E-state index contributed by atoms with van der Waals surface area (Å²) in [6, 6.07) is 14.0. The van der Waals surface area contributed by atoms with Crippen molar-refractivity contribution in [1.29, 1.82) is 0 Å². The summed E-state index contributed by atoms with van der Waals surface area (Å²) in [5.41, 5.74) is 0.444. The monoisotopic (exact) mass is 506 g/mol. The van der Waals surface area contributed by atoms with Gasteiger partial charge in [-0.05, 0) is 74.6 Å². The highest BCUT2D eigenvalue weighted by Crippen LogP contribution is 2.65. The van der Waals surface area contributed by atoms with E-state index < -0.39 is 5.41 Å². The molecule has 1 saturated heterocycles. The first-order valence-corrected chi connectivity index (χ1v) is 13.9. The Morgan fingerprint density at radius 3 is 2.46 bits per heavy atom. The van der Waals surface area contributed by atoms with Crippen molar-refractivity contribution < 1.29 is 13.9 Å². The van der Waals surface area contributed by atoms with Crippen LogP contribution in [-0.4, -0.2) is 68.8 Å². The highest BCUT2D eigenvalue weighted by molar-refractivity contribution is 5.97. The summed E-state index contributed by atoms with van der Waals surface area (Å²) in [4.78, 5) is 25.7. The van der Waals surface area contributed by atoms with Crippen LogP contribution < -0.4 is 14.5 Å². The van der Waals surface area contributed by atoms with Gasteiger partial charge >= 0.3 is 0 Å². The van der Waals surface area contributed by atoms with E-state index in [2.05, 4.69) is 26.9 Å². The first-order valence-electron chi connectivity index (χ1n) is 13.9. The molecule has 1 aromatic carbocycles. The number of pyridine rings is 1. The molecule has 37 heavy (non-hydrogen) atoms. The smallest absolute Gasteiger partial charge is 0.234 e. The van der Waals surface area contributed by atoms with E-state index in [9.17, 15) is 9.18 Å². The third kappa shape index (κ3) is 4.60. The van der Waals surface area contributed by atoms with Gasteiger partial charge in [-0.3, -0.25) is 19.0 Å². The van der Waals surface area contributed by atoms with Gasteiger partial charge < -0.3 is 9.64 Å². The Balaban J connectivity index is 1.16. The Labute approximate surface area is 219 Å². The number of benzene rings is 1. The standard InChI is InChI=1S/C30H39FN4O2/c1-37-26-7-3-2-6-25(26)34-13-10-33(11-14-34)12-15-35(27-8-4-5-9-32-27)28(36)30-19-23-16-24(20-30)18-29(17-23,21-30)22-31/h2-9,23-24H,10-22H2,1H3/t23-,24+,29?,30?. The van der Waals surface area contributed by atoms with Crippen molar-refractivity contribution in [3.05, 3.63) is 48.7 Å². The lowest BCUT2D eigenvalue weighted by Crippen LogP contribution is -2.59. The number of nitrogens with zero attached hydrogens (tertiary/aromatic N) is 4. The molecule has 1 aliphatic heterocycles. The van der Waals surface area contributed by atoms with Gasteiger partial charge in [0, 0.05) is 50.9 Å². The van der Waals surface area contributed by atoms with Crippen molar-refractivity contribution >= 4 is 17.4 Å². The van der Waals surface area contributed by atoms with E-state index in [1.165, 1.54) is 6.42 Å². The lowest BCUT2D eigenvalue weighted by molar-refractivity contribution is -0.156. The lowest BCUT2D eigenvalue weighted by atomic mass is 9.44. The van der Waals surface area contributed by atoms with Crippen LogP contribution in [0.5, 0.6) is 5.75 Å². The van der Waals surface area contributed by atoms with E-state index in [1.54, 1.807) is 13.3 Å². The van der Waals surface area contributed by atoms with E-state index >= 15 is 0 Å². The van der Waals surface area contributed by atoms with Crippen LogP contribution in [0.4, 0.5) is 15.9 Å². The Hall–Kier alpha value is -2.67. The molecule has 5 aliphatic rings. The maximum Gasteiger partial charge on any atom is 0.234 e. The van der Waals surface area contributed by atoms with Crippen LogP contribution in [0, 0.1) is 22.7 Å². The van der Waals surface area contributed by atoms with E-state index in [0.29, 0.717) is 24.8 Å². The molecule has 7 rings (SSSR count). The van der Waals surface area contributed by atoms with Crippen molar-refractivity contribution in [2.75, 3.05) is 62.9 Å². The largest absolute Gasteiger partial charge is 0.495 e. The average molecular weight is 507 g/mol. The fraction of sp³-hybridized carbons (Fsp3) is 0.600. The fourth-order valence-corrected chi connectivity index (χ4v) is 8.32. The van der Waals surface area contributed by atoms with Crippen LogP contribution in [-0.2, 0) is 4.79 Å². The number of aromatic nitrogens is 1. The molecular weight excluding hydrogens is 467 g/mol. The molecule has 2 heterocycles. The predicted octanol–water partition coefficient (Wildman–Crippen LogP) is 4.80. The number of carbonyl (C=O) groups excluding carboxylic acids is 1. The number of piperazine rings is 1. The molecule has 0 radical (unpaired) electrons. The highest BCUT2D eigenvalue weighted by atomic mass is 19.1. The summed E-state index contributed by atoms with van der Waals surface area (Å²) in [5, 5.41) is 0. The maximum atomic E-state index is 14.4. The topological polar surface area (TPSA) is 48.9 Å². The second-order valence-corrected chi connectivity index (χ2v) is 12.0. The zero-order valence-electron chi connectivity index (χ0n) is 21.9. The number of alkyl halides is 1. The molecule has 1 aromatic heterocycles. The van der Waals surface area contributed by atoms with Crippen molar-refractivity contribution in [2.24, 2.45) is 22.7 Å². The van der Waals surface area contributed by atoms with Crippen molar-refractivity contribution in [3.63, 3.8) is 0 Å². The zero-order chi connectivity index (χ0) is 25.5. The Kier molecular flexibility index (Phi) is 6.59. The quantitative estimate of drug-likeness (QED) is 0.515. The highest BCUT2D eigenvalue weighted by Gasteiger charge is 2.61. The fourth-order valence-electron chi connectivity index (χ4n) is 8.32. The van der Waals surface area contributed by atoms with Crippen LogP contribution in [0.1, 0.15) is 38.5 Å². The Morgan fingerprint density at radius 1 is 1.05 bits per heavy atom. The first kappa shape index (κ1) is 24.7. The number of ether oxygens (including phenoxy) is 1. The minimum Gasteiger partial charge on any atom is -0.495 e. The van der Waals surface area contributed by atoms with Gasteiger partial charge in [0.2, 0.25) is 5.91 Å². The van der Waals surface area contributed by atoms with Crippen LogP contribution in [0.15, 0.2) is 48.7 Å². The summed E-state index contributed by atoms with van der Waals surface area (Å²) in [6.45, 7) is 4.85. The van der Waals surface area contributed by atoms with Gasteiger partial charge in [-0.25, -0.2) is 4.98 Å². The van der Waals surface area contributed by atoms with Crippen molar-refractivity contribution in [1.82, 2.24) is 9.88 Å². The minimum atomic E-state index is -0.420. The molecule has 2 aromatic rings. The third-order valence-corrected chi connectivity index (χ3v) is 9.53. The molecule has 4 atom stereocenters. The number of halogens is 1. The van der Waals surface area contributed by atoms with Crippen LogP contribution in [0.3, 0.4) is 0 Å². The molecule has 4 aliphatic carbocycles. The zero-order valence-corrected chi connectivity index (χ0v) is 21.9. The van der Waals surface area contributed by atoms with Gasteiger partial charge in [0.1, 0.15) is 11.6 Å². The van der Waals surface area contributed by atoms with Gasteiger partial charge in [0.25, 0.3) is 0 Å². The summed E-state index contributed by atoms with van der Waals surface area (Å²) in [6.07, 6.45) is 7.44. The number of para-hydroxylation sites is 2. The third-order valence-electron chi connectivity index (χ3n) is 9.53. The van der Waals surface area contributed by atoms with Gasteiger partial charge in [0.05, 0.1) is 24.9 Å². The number of amides is 1. The molecule has 5 fully saturated rings. The molecular formula is C30H39FN4O2. The molecule has 4 saturated carbocycles. The first-order chi connectivity index (χ1) is 18.0. The van der Waals surface area contributed by atoms with Crippen molar-refractivity contribution in [2.45, 2.75) is 38.5 Å². The Bertz CT molecular complexity index is 1090. The number of anilines is 2. The Morgan fingerprint density at radius 2 is 1.78 bits per heavy atom. The molecule has 2 unspecified atom stereocenters. The van der Waals surface area contributed by atoms with Crippen LogP contribution in [0.25, 0.3) is 0 Å². The molecule has 4 bridgehead atoms. The number of rotatable bonds is 8. The maximum absolute atomic E-state index is 14.4. The number of methoxy groups -OCH3 is 1. The van der Waals surface area contributed by atoms with Crippen LogP contribution >= 0.6 is 0 Å². The van der Waals surface area contributed by atoms with E-state index in [-0.39, 0.29) is 18.0 Å². The van der Waals surface area contributed by atoms with Gasteiger partial charge in [-0.15, -0.1) is 0 Å². The summed E-state index contributed by atoms with van der Waals surface area (Å²) in [7, 11) is 1.72. The van der Waals surface area contributed by atoms with Gasteiger partial charge in [-0.1, -0.05) is 18.2 Å². The van der Waals surface area contributed by atoms with Crippen LogP contribution in [0.2, 0.25) is 0 Å². The SMILES string of the molecule is COc1ccccc1N1CCN(CCN(C(=O)C23C[C@@H]4C[C@@H](CC(CF)(C4)C2)C3)c2ccccn2)CC1. The van der Waals surface area contributed by atoms with E-state index in [0.717, 1.165) is 75.7 Å². The molecule has 198 valence electrons. The second-order valence-electron chi connectivity index (χ2n) is 12.0. The summed E-state index contributed by atoms with van der Waals surface area (Å²) in [5.74, 6) is 2.81. The van der Waals surface area contributed by atoms with E-state index in [4.69, 9.17) is 4.74 Å². The average Bonchev–Trinajstić information content (AvgIpc) is 2.93. The molecule has 0 N–H and O–H groups in total. The van der Waals surface area contributed by atoms with E-state index in [1.807, 2.05) is 35.2 Å². The molecule has 0 spiro atoms. The minimum absolute atomic E-state index is 0.186. The van der Waals surface area contributed by atoms with Gasteiger partial charge in [0.15, 0.2) is 0 Å². The summed E-state index contributed by atoms with van der Waals surface area (Å²) < 4.78 is 19.9. The van der Waals surface area contributed by atoms with Crippen molar-refractivity contribution in [3.8, 4) is 5.75 Å². The molecule has 1 amide bonds. The summed E-state index contributed by atoms with van der Waals surface area (Å²) >= 11 is 0. The normalized spacial score (nSPS) is 30.9.